The predicted octanol–water partition coefficient (Wildman–Crippen LogP) is 2.25. The van der Waals surface area contributed by atoms with Crippen molar-refractivity contribution >= 4 is 38.9 Å². The van der Waals surface area contributed by atoms with E-state index in [1.807, 2.05) is 0 Å². The Morgan fingerprint density at radius 3 is 2.78 bits per heavy atom. The molecule has 1 aromatic carbocycles. The van der Waals surface area contributed by atoms with Gasteiger partial charge in [-0.05, 0) is 37.1 Å². The first-order valence-electron chi connectivity index (χ1n) is 8.23. The van der Waals surface area contributed by atoms with E-state index in [2.05, 4.69) is 15.4 Å². The minimum atomic E-state index is -4.03. The molecule has 2 rings (SSSR count). The van der Waals surface area contributed by atoms with Gasteiger partial charge in [-0.1, -0.05) is 17.7 Å². The van der Waals surface area contributed by atoms with Gasteiger partial charge in [-0.3, -0.25) is 9.52 Å². The summed E-state index contributed by atoms with van der Waals surface area (Å²) in [6, 6.07) is 3.00. The van der Waals surface area contributed by atoms with Crippen molar-refractivity contribution in [3.05, 3.63) is 40.6 Å². The Bertz CT molecular complexity index is 884. The van der Waals surface area contributed by atoms with E-state index < -0.39 is 16.7 Å². The van der Waals surface area contributed by atoms with Gasteiger partial charge in [0, 0.05) is 24.4 Å². The maximum Gasteiger partial charge on any atom is 0.263 e. The molecule has 4 N–H and O–H groups in total. The molecule has 27 heavy (non-hydrogen) atoms. The van der Waals surface area contributed by atoms with Gasteiger partial charge in [0.1, 0.15) is 11.6 Å². The summed E-state index contributed by atoms with van der Waals surface area (Å²) in [5.74, 6) is -0.147. The number of nitrogens with one attached hydrogen (secondary N) is 3. The Labute approximate surface area is 162 Å². The lowest BCUT2D eigenvalue weighted by Crippen LogP contribution is -2.26. The molecule has 0 aromatic heterocycles. The molecule has 0 aliphatic carbocycles. The van der Waals surface area contributed by atoms with Crippen molar-refractivity contribution in [2.45, 2.75) is 24.7 Å². The number of halogens is 2. The Hall–Kier alpha value is -2.10. The number of allylic oxidation sites excluding steroid dienone is 3. The first-order chi connectivity index (χ1) is 12.8. The standard InChI is InChI=1S/C17H21ClFN3O4S/c1-2-13(8-12(18)10-19)22-27(25,26)16-7-11-3-4-17(24)21-14(11)9-15(16)20-5-6-23/h2,7-9,20,22-23H,3-6,10H2,1H3,(H,21,24)/b12-8+,13-2+. The smallest absolute Gasteiger partial charge is 0.263 e. The highest BCUT2D eigenvalue weighted by molar-refractivity contribution is 7.89. The summed E-state index contributed by atoms with van der Waals surface area (Å²) in [7, 11) is -4.03. The fourth-order valence-corrected chi connectivity index (χ4v) is 3.98. The van der Waals surface area contributed by atoms with Gasteiger partial charge in [-0.2, -0.15) is 0 Å². The van der Waals surface area contributed by atoms with Crippen LogP contribution in [0.25, 0.3) is 0 Å². The Kier molecular flexibility index (Phi) is 7.23. The average molecular weight is 418 g/mol. The fourth-order valence-electron chi connectivity index (χ4n) is 2.55. The van der Waals surface area contributed by atoms with Crippen LogP contribution in [0.2, 0.25) is 0 Å². The summed E-state index contributed by atoms with van der Waals surface area (Å²) in [6.07, 6.45) is 3.32. The largest absolute Gasteiger partial charge is 0.395 e. The molecular weight excluding hydrogens is 397 g/mol. The van der Waals surface area contributed by atoms with E-state index in [1.165, 1.54) is 24.3 Å². The number of rotatable bonds is 8. The van der Waals surface area contributed by atoms with Crippen LogP contribution in [-0.2, 0) is 21.2 Å². The zero-order valence-electron chi connectivity index (χ0n) is 14.7. The van der Waals surface area contributed by atoms with Crippen molar-refractivity contribution < 1.29 is 22.7 Å². The molecule has 0 saturated heterocycles. The number of benzene rings is 1. The molecule has 0 unspecified atom stereocenters. The first kappa shape index (κ1) is 21.2. The number of carbonyl (C=O) groups excluding carboxylic acids is 1. The molecule has 0 saturated carbocycles. The number of amides is 1. The van der Waals surface area contributed by atoms with Gasteiger partial charge in [0.15, 0.2) is 0 Å². The van der Waals surface area contributed by atoms with Crippen LogP contribution in [0.15, 0.2) is 39.9 Å². The Balaban J connectivity index is 2.46. The maximum atomic E-state index is 12.9. The van der Waals surface area contributed by atoms with Crippen LogP contribution in [0, 0.1) is 0 Å². The summed E-state index contributed by atoms with van der Waals surface area (Å²) >= 11 is 5.65. The molecule has 0 radical (unpaired) electrons. The average Bonchev–Trinajstić information content (AvgIpc) is 2.64. The van der Waals surface area contributed by atoms with E-state index in [9.17, 15) is 17.6 Å². The molecule has 0 bridgehead atoms. The number of aliphatic hydroxyl groups is 1. The molecule has 0 atom stereocenters. The van der Waals surface area contributed by atoms with Crippen LogP contribution in [0.3, 0.4) is 0 Å². The third kappa shape index (κ3) is 5.44. The number of aryl methyl sites for hydroxylation is 1. The quantitative estimate of drug-likeness (QED) is 0.485. The SMILES string of the molecule is C/C=C(\C=C(\Cl)CF)NS(=O)(=O)c1cc2c(cc1NCCO)NC(=O)CC2. The number of hydrogen-bond donors (Lipinski definition) is 4. The lowest BCUT2D eigenvalue weighted by molar-refractivity contribution is -0.116. The van der Waals surface area contributed by atoms with Gasteiger partial charge in [0.25, 0.3) is 10.0 Å². The summed E-state index contributed by atoms with van der Waals surface area (Å²) in [6.45, 7) is 0.594. The van der Waals surface area contributed by atoms with Gasteiger partial charge in [-0.15, -0.1) is 0 Å². The Morgan fingerprint density at radius 2 is 2.15 bits per heavy atom. The zero-order valence-corrected chi connectivity index (χ0v) is 16.3. The second-order valence-corrected chi connectivity index (χ2v) is 7.91. The van der Waals surface area contributed by atoms with Gasteiger partial charge in [0.2, 0.25) is 5.91 Å². The minimum absolute atomic E-state index is 0.0463. The number of carbonyl (C=O) groups is 1. The molecule has 0 spiro atoms. The van der Waals surface area contributed by atoms with Crippen molar-refractivity contribution in [2.75, 3.05) is 30.5 Å². The number of hydrogen-bond acceptors (Lipinski definition) is 5. The highest BCUT2D eigenvalue weighted by Gasteiger charge is 2.24. The van der Waals surface area contributed by atoms with E-state index in [0.717, 1.165) is 0 Å². The van der Waals surface area contributed by atoms with E-state index >= 15 is 0 Å². The molecule has 7 nitrogen and oxygen atoms in total. The highest BCUT2D eigenvalue weighted by Crippen LogP contribution is 2.32. The van der Waals surface area contributed by atoms with Crippen molar-refractivity contribution in [3.63, 3.8) is 0 Å². The van der Waals surface area contributed by atoms with Crippen LogP contribution >= 0.6 is 11.6 Å². The number of fused-ring (bicyclic) bond motifs is 1. The highest BCUT2D eigenvalue weighted by atomic mass is 35.5. The second-order valence-electron chi connectivity index (χ2n) is 5.78. The fraction of sp³-hybridized carbons (Fsp3) is 0.353. The van der Waals surface area contributed by atoms with E-state index in [0.29, 0.717) is 17.7 Å². The van der Waals surface area contributed by atoms with E-state index in [4.69, 9.17) is 16.7 Å². The molecular formula is C17H21ClFN3O4S. The van der Waals surface area contributed by atoms with Gasteiger partial charge in [0.05, 0.1) is 17.3 Å². The lowest BCUT2D eigenvalue weighted by Gasteiger charge is -2.21. The van der Waals surface area contributed by atoms with Crippen molar-refractivity contribution in [3.8, 4) is 0 Å². The summed E-state index contributed by atoms with van der Waals surface area (Å²) in [5, 5.41) is 14.4. The minimum Gasteiger partial charge on any atom is -0.395 e. The van der Waals surface area contributed by atoms with Crippen molar-refractivity contribution in [2.24, 2.45) is 0 Å². The van der Waals surface area contributed by atoms with Crippen molar-refractivity contribution in [1.29, 1.82) is 0 Å². The number of sulfonamides is 1. The first-order valence-corrected chi connectivity index (χ1v) is 10.1. The molecule has 1 aliphatic heterocycles. The zero-order chi connectivity index (χ0) is 20.0. The van der Waals surface area contributed by atoms with Crippen LogP contribution in [0.5, 0.6) is 0 Å². The van der Waals surface area contributed by atoms with Crippen molar-refractivity contribution in [1.82, 2.24) is 4.72 Å². The van der Waals surface area contributed by atoms with Crippen LogP contribution < -0.4 is 15.4 Å². The van der Waals surface area contributed by atoms with Crippen LogP contribution in [0.4, 0.5) is 15.8 Å². The monoisotopic (exact) mass is 417 g/mol. The molecule has 1 aromatic rings. The summed E-state index contributed by atoms with van der Waals surface area (Å²) in [4.78, 5) is 11.5. The second kappa shape index (κ2) is 9.20. The lowest BCUT2D eigenvalue weighted by atomic mass is 10.0. The molecule has 1 amide bonds. The van der Waals surface area contributed by atoms with Crippen LogP contribution in [0.1, 0.15) is 18.9 Å². The van der Waals surface area contributed by atoms with Gasteiger partial charge >= 0.3 is 0 Å². The Morgan fingerprint density at radius 1 is 1.41 bits per heavy atom. The number of aliphatic hydroxyl groups excluding tert-OH is 1. The van der Waals surface area contributed by atoms with E-state index in [-0.39, 0.29) is 46.8 Å². The third-order valence-corrected chi connectivity index (χ3v) is 5.45. The van der Waals surface area contributed by atoms with Crippen LogP contribution in [-0.4, -0.2) is 39.3 Å². The molecule has 1 aliphatic rings. The predicted molar refractivity (Wildman–Crippen MR) is 103 cm³/mol. The molecule has 148 valence electrons. The van der Waals surface area contributed by atoms with Gasteiger partial charge in [-0.25, -0.2) is 12.8 Å². The molecule has 10 heteroatoms. The summed E-state index contributed by atoms with van der Waals surface area (Å²) < 4.78 is 40.8. The third-order valence-electron chi connectivity index (χ3n) is 3.82. The normalized spacial score (nSPS) is 15.2. The number of anilines is 2. The molecule has 0 fully saturated rings. The van der Waals surface area contributed by atoms with E-state index in [1.54, 1.807) is 6.92 Å². The molecule has 1 heterocycles. The summed E-state index contributed by atoms with van der Waals surface area (Å²) in [5.41, 5.74) is 1.56. The van der Waals surface area contributed by atoms with Gasteiger partial charge < -0.3 is 15.7 Å². The number of alkyl halides is 1. The maximum absolute atomic E-state index is 12.9. The topological polar surface area (TPSA) is 108 Å².